The molecule has 0 spiro atoms. The molecular formula is C35H28BrN3O2. The Morgan fingerprint density at radius 3 is 2.32 bits per heavy atom. The van der Waals surface area contributed by atoms with Gasteiger partial charge in [-0.25, -0.2) is 14.8 Å². The molecule has 1 fully saturated rings. The van der Waals surface area contributed by atoms with Crippen LogP contribution < -0.4 is 0 Å². The Labute approximate surface area is 246 Å². The number of benzene rings is 4. The minimum atomic E-state index is -0.938. The van der Waals surface area contributed by atoms with E-state index in [0.717, 1.165) is 73.0 Å². The minimum Gasteiger partial charge on any atom is -0.478 e. The summed E-state index contributed by atoms with van der Waals surface area (Å²) in [7, 11) is 0. The monoisotopic (exact) mass is 601 g/mol. The van der Waals surface area contributed by atoms with Gasteiger partial charge in [0.05, 0.1) is 27.8 Å². The van der Waals surface area contributed by atoms with Crippen LogP contribution in [0.3, 0.4) is 0 Å². The summed E-state index contributed by atoms with van der Waals surface area (Å²) in [6, 6.07) is 32.8. The number of carboxylic acids is 1. The summed E-state index contributed by atoms with van der Waals surface area (Å²) in [4.78, 5) is 21.9. The van der Waals surface area contributed by atoms with Gasteiger partial charge in [0.1, 0.15) is 5.82 Å². The lowest BCUT2D eigenvalue weighted by atomic mass is 9.94. The third-order valence-corrected chi connectivity index (χ3v) is 8.85. The third-order valence-electron chi connectivity index (χ3n) is 8.16. The van der Waals surface area contributed by atoms with Crippen molar-refractivity contribution in [2.24, 2.45) is 0 Å². The van der Waals surface area contributed by atoms with Gasteiger partial charge in [0.15, 0.2) is 0 Å². The highest BCUT2D eigenvalue weighted by molar-refractivity contribution is 9.10. The average Bonchev–Trinajstić information content (AvgIpc) is 3.40. The average molecular weight is 603 g/mol. The number of aromatic nitrogens is 3. The van der Waals surface area contributed by atoms with Gasteiger partial charge >= 0.3 is 5.97 Å². The zero-order valence-corrected chi connectivity index (χ0v) is 24.0. The molecule has 2 heterocycles. The lowest BCUT2D eigenvalue weighted by molar-refractivity contribution is 0.0697. The standard InChI is InChI=1S/C35H28BrN3O2/c36-29-14-8-7-13-27(29)33-28(22-9-3-1-4-10-22)20-25-19-23(15-17-30(25)37-33)34-38-31-21-24(35(40)41)16-18-32(31)39(34)26-11-5-2-6-12-26/h1,3-4,7-10,13-21,26H,2,5-6,11-12H2,(H,40,41). The summed E-state index contributed by atoms with van der Waals surface area (Å²) >= 11 is 3.73. The lowest BCUT2D eigenvalue weighted by Gasteiger charge is -2.25. The van der Waals surface area contributed by atoms with Crippen molar-refractivity contribution in [2.75, 3.05) is 0 Å². The number of pyridine rings is 1. The first-order valence-electron chi connectivity index (χ1n) is 14.1. The molecule has 1 N–H and O–H groups in total. The molecule has 7 rings (SSSR count). The van der Waals surface area contributed by atoms with Gasteiger partial charge in [-0.15, -0.1) is 0 Å². The highest BCUT2D eigenvalue weighted by atomic mass is 79.9. The van der Waals surface area contributed by atoms with Crippen molar-refractivity contribution in [3.05, 3.63) is 107 Å². The number of hydrogen-bond acceptors (Lipinski definition) is 3. The summed E-state index contributed by atoms with van der Waals surface area (Å²) < 4.78 is 3.35. The SMILES string of the molecule is O=C(O)c1ccc2c(c1)nc(-c1ccc3nc(-c4ccccc4Br)c(-c4ccccc4)cc3c1)n2C1CCCCC1. The number of fused-ring (bicyclic) bond motifs is 2. The van der Waals surface area contributed by atoms with Crippen molar-refractivity contribution in [1.82, 2.24) is 14.5 Å². The molecule has 0 saturated heterocycles. The predicted molar refractivity (Wildman–Crippen MR) is 168 cm³/mol. The van der Waals surface area contributed by atoms with Crippen molar-refractivity contribution in [2.45, 2.75) is 38.1 Å². The number of rotatable bonds is 5. The van der Waals surface area contributed by atoms with Crippen LogP contribution in [0.4, 0.5) is 0 Å². The molecule has 0 amide bonds. The van der Waals surface area contributed by atoms with Crippen molar-refractivity contribution in [3.63, 3.8) is 0 Å². The fourth-order valence-corrected chi connectivity index (χ4v) is 6.63. The van der Waals surface area contributed by atoms with Crippen molar-refractivity contribution >= 4 is 43.8 Å². The number of carboxylic acid groups (broad SMARTS) is 1. The number of carbonyl (C=O) groups is 1. The molecule has 6 aromatic rings. The largest absolute Gasteiger partial charge is 0.478 e. The van der Waals surface area contributed by atoms with E-state index in [1.807, 2.05) is 30.3 Å². The first kappa shape index (κ1) is 25.7. The molecule has 0 atom stereocenters. The van der Waals surface area contributed by atoms with E-state index in [1.165, 1.54) is 19.3 Å². The van der Waals surface area contributed by atoms with Gasteiger partial charge in [0, 0.05) is 32.6 Å². The Morgan fingerprint density at radius 2 is 1.54 bits per heavy atom. The van der Waals surface area contributed by atoms with Crippen molar-refractivity contribution < 1.29 is 9.90 Å². The van der Waals surface area contributed by atoms with Crippen molar-refractivity contribution in [1.29, 1.82) is 0 Å². The molecule has 5 nitrogen and oxygen atoms in total. The molecule has 0 radical (unpaired) electrons. The van der Waals surface area contributed by atoms with Gasteiger partial charge < -0.3 is 9.67 Å². The molecule has 41 heavy (non-hydrogen) atoms. The fraction of sp³-hybridized carbons (Fsp3) is 0.171. The van der Waals surface area contributed by atoms with E-state index < -0.39 is 5.97 Å². The molecule has 1 aliphatic rings. The number of hydrogen-bond donors (Lipinski definition) is 1. The van der Waals surface area contributed by atoms with Crippen LogP contribution in [0.25, 0.3) is 55.7 Å². The summed E-state index contributed by atoms with van der Waals surface area (Å²) in [6.07, 6.45) is 5.84. The zero-order valence-electron chi connectivity index (χ0n) is 22.4. The van der Waals surface area contributed by atoms with Gasteiger partial charge in [-0.1, -0.05) is 83.7 Å². The van der Waals surface area contributed by atoms with E-state index in [0.29, 0.717) is 6.04 Å². The van der Waals surface area contributed by atoms with E-state index in [4.69, 9.17) is 9.97 Å². The first-order chi connectivity index (χ1) is 20.1. The van der Waals surface area contributed by atoms with E-state index in [-0.39, 0.29) is 5.56 Å². The third kappa shape index (κ3) is 4.72. The number of halogens is 1. The van der Waals surface area contributed by atoms with Gasteiger partial charge in [0.25, 0.3) is 0 Å². The highest BCUT2D eigenvalue weighted by Gasteiger charge is 2.23. The fourth-order valence-electron chi connectivity index (χ4n) is 6.16. The van der Waals surface area contributed by atoms with Gasteiger partial charge in [0.2, 0.25) is 0 Å². The van der Waals surface area contributed by atoms with Crippen LogP contribution in [0, 0.1) is 0 Å². The second-order valence-corrected chi connectivity index (χ2v) is 11.6. The Kier molecular flexibility index (Phi) is 6.63. The van der Waals surface area contributed by atoms with E-state index in [9.17, 15) is 9.90 Å². The molecule has 0 bridgehead atoms. The maximum absolute atomic E-state index is 11.7. The maximum atomic E-state index is 11.7. The Morgan fingerprint density at radius 1 is 0.756 bits per heavy atom. The topological polar surface area (TPSA) is 68.0 Å². The van der Waals surface area contributed by atoms with Crippen LogP contribution in [-0.2, 0) is 0 Å². The number of nitrogens with zero attached hydrogens (tertiary/aromatic N) is 3. The van der Waals surface area contributed by atoms with E-state index in [1.54, 1.807) is 12.1 Å². The second kappa shape index (κ2) is 10.6. The number of aromatic carboxylic acids is 1. The summed E-state index contributed by atoms with van der Waals surface area (Å²) in [6.45, 7) is 0. The van der Waals surface area contributed by atoms with E-state index in [2.05, 4.69) is 75.1 Å². The molecular weight excluding hydrogens is 574 g/mol. The molecule has 1 aliphatic carbocycles. The molecule has 2 aromatic heterocycles. The van der Waals surface area contributed by atoms with Crippen LogP contribution >= 0.6 is 15.9 Å². The number of imidazole rings is 1. The first-order valence-corrected chi connectivity index (χ1v) is 14.9. The quantitative estimate of drug-likeness (QED) is 0.213. The second-order valence-electron chi connectivity index (χ2n) is 10.7. The Bertz CT molecular complexity index is 1920. The highest BCUT2D eigenvalue weighted by Crippen LogP contribution is 2.39. The van der Waals surface area contributed by atoms with Crippen LogP contribution in [-0.4, -0.2) is 25.6 Å². The van der Waals surface area contributed by atoms with Crippen molar-refractivity contribution in [3.8, 4) is 33.8 Å². The molecule has 0 aliphatic heterocycles. The maximum Gasteiger partial charge on any atom is 0.335 e. The molecule has 4 aromatic carbocycles. The van der Waals surface area contributed by atoms with Crippen LogP contribution in [0.2, 0.25) is 0 Å². The smallest absolute Gasteiger partial charge is 0.335 e. The van der Waals surface area contributed by atoms with Crippen LogP contribution in [0.15, 0.2) is 102 Å². The van der Waals surface area contributed by atoms with Gasteiger partial charge in [-0.3, -0.25) is 0 Å². The van der Waals surface area contributed by atoms with Gasteiger partial charge in [-0.2, -0.15) is 0 Å². The van der Waals surface area contributed by atoms with Gasteiger partial charge in [-0.05, 0) is 66.9 Å². The Hall–Kier alpha value is -4.29. The summed E-state index contributed by atoms with van der Waals surface area (Å²) in [5.74, 6) is -0.0563. The molecule has 0 unspecified atom stereocenters. The Balaban J connectivity index is 1.44. The summed E-state index contributed by atoms with van der Waals surface area (Å²) in [5, 5.41) is 10.6. The molecule has 1 saturated carbocycles. The normalized spacial score (nSPS) is 14.1. The minimum absolute atomic E-state index is 0.257. The zero-order chi connectivity index (χ0) is 27.9. The van der Waals surface area contributed by atoms with Crippen LogP contribution in [0.1, 0.15) is 48.5 Å². The van der Waals surface area contributed by atoms with E-state index >= 15 is 0 Å². The van der Waals surface area contributed by atoms with Crippen LogP contribution in [0.5, 0.6) is 0 Å². The lowest BCUT2D eigenvalue weighted by Crippen LogP contribution is -2.14. The predicted octanol–water partition coefficient (Wildman–Crippen LogP) is 9.55. The summed E-state index contributed by atoms with van der Waals surface area (Å²) in [5.41, 5.74) is 8.03. The molecule has 6 heteroatoms. The molecule has 202 valence electrons.